The van der Waals surface area contributed by atoms with Crippen molar-refractivity contribution in [2.24, 2.45) is 0 Å². The Morgan fingerprint density at radius 1 is 1.08 bits per heavy atom. The van der Waals surface area contributed by atoms with Gasteiger partial charge in [-0.05, 0) is 49.2 Å². The van der Waals surface area contributed by atoms with Crippen LogP contribution >= 0.6 is 0 Å². The minimum Gasteiger partial charge on any atom is -0.457 e. The smallest absolute Gasteiger partial charge is 0.331 e. The van der Waals surface area contributed by atoms with Gasteiger partial charge >= 0.3 is 5.97 Å². The van der Waals surface area contributed by atoms with E-state index in [4.69, 9.17) is 9.47 Å². The molecule has 0 saturated carbocycles. The van der Waals surface area contributed by atoms with Crippen molar-refractivity contribution in [3.8, 4) is 11.5 Å². The lowest BCUT2D eigenvalue weighted by Crippen LogP contribution is -2.35. The highest BCUT2D eigenvalue weighted by atomic mass is 16.5. The fraction of sp³-hybridized carbons (Fsp3) is 0.238. The van der Waals surface area contributed by atoms with Crippen molar-refractivity contribution in [1.29, 1.82) is 0 Å². The summed E-state index contributed by atoms with van der Waals surface area (Å²) in [5.41, 5.74) is 0.790. The van der Waals surface area contributed by atoms with E-state index in [9.17, 15) is 9.59 Å². The first kappa shape index (κ1) is 19.2. The van der Waals surface area contributed by atoms with E-state index in [1.807, 2.05) is 61.5 Å². The topological polar surface area (TPSA) is 64.6 Å². The van der Waals surface area contributed by atoms with Crippen LogP contribution in [0.5, 0.6) is 11.5 Å². The van der Waals surface area contributed by atoms with Crippen molar-refractivity contribution >= 4 is 18.0 Å². The minimum atomic E-state index is -0.827. The Labute approximate surface area is 153 Å². The van der Waals surface area contributed by atoms with Crippen molar-refractivity contribution in [2.45, 2.75) is 26.4 Å². The van der Waals surface area contributed by atoms with Crippen molar-refractivity contribution in [1.82, 2.24) is 5.32 Å². The first-order valence-corrected chi connectivity index (χ1v) is 8.58. The van der Waals surface area contributed by atoms with Gasteiger partial charge in [-0.25, -0.2) is 4.79 Å². The molecule has 0 bridgehead atoms. The van der Waals surface area contributed by atoms with Crippen LogP contribution in [0.25, 0.3) is 6.08 Å². The summed E-state index contributed by atoms with van der Waals surface area (Å²) in [4.78, 5) is 23.6. The van der Waals surface area contributed by atoms with Gasteiger partial charge in [-0.1, -0.05) is 37.3 Å². The van der Waals surface area contributed by atoms with Gasteiger partial charge in [0.1, 0.15) is 11.5 Å². The van der Waals surface area contributed by atoms with Crippen LogP contribution in [0.4, 0.5) is 0 Å². The Hall–Kier alpha value is -3.08. The van der Waals surface area contributed by atoms with Crippen LogP contribution in [-0.2, 0) is 14.3 Å². The molecule has 0 radical (unpaired) electrons. The zero-order chi connectivity index (χ0) is 18.8. The highest BCUT2D eigenvalue weighted by Crippen LogP contribution is 2.22. The molecule has 0 aromatic heterocycles. The zero-order valence-corrected chi connectivity index (χ0v) is 15.0. The molecule has 0 saturated heterocycles. The van der Waals surface area contributed by atoms with Crippen LogP contribution in [0.3, 0.4) is 0 Å². The van der Waals surface area contributed by atoms with Crippen LogP contribution in [-0.4, -0.2) is 24.5 Å². The third-order valence-electron chi connectivity index (χ3n) is 3.46. The lowest BCUT2D eigenvalue weighted by Gasteiger charge is -2.11. The molecule has 2 aromatic carbocycles. The summed E-state index contributed by atoms with van der Waals surface area (Å²) < 4.78 is 10.8. The molecule has 1 amide bonds. The van der Waals surface area contributed by atoms with Crippen LogP contribution in [0, 0.1) is 0 Å². The molecule has 2 aromatic rings. The average Bonchev–Trinajstić information content (AvgIpc) is 2.65. The number of rotatable bonds is 8. The van der Waals surface area contributed by atoms with E-state index < -0.39 is 12.1 Å². The molecule has 0 aliphatic carbocycles. The zero-order valence-electron chi connectivity index (χ0n) is 15.0. The molecule has 0 unspecified atom stereocenters. The third kappa shape index (κ3) is 6.43. The van der Waals surface area contributed by atoms with E-state index in [1.165, 1.54) is 6.08 Å². The first-order chi connectivity index (χ1) is 12.6. The maximum absolute atomic E-state index is 11.9. The van der Waals surface area contributed by atoms with E-state index in [0.717, 1.165) is 17.7 Å². The van der Waals surface area contributed by atoms with Gasteiger partial charge in [0.2, 0.25) is 0 Å². The number of nitrogens with one attached hydrogen (secondary N) is 1. The molecule has 0 spiro atoms. The van der Waals surface area contributed by atoms with E-state index in [0.29, 0.717) is 12.3 Å². The Morgan fingerprint density at radius 2 is 1.81 bits per heavy atom. The van der Waals surface area contributed by atoms with Gasteiger partial charge in [0, 0.05) is 12.6 Å². The molecule has 0 fully saturated rings. The Bertz CT molecular complexity index is 756. The SMILES string of the molecule is CCCNC(=O)[C@@H](C)OC(=O)/C=C/c1cccc(Oc2ccccc2)c1. The molecule has 0 aliphatic heterocycles. The number of carbonyl (C=O) groups excluding carboxylic acids is 2. The number of hydrogen-bond acceptors (Lipinski definition) is 4. The quantitative estimate of drug-likeness (QED) is 0.576. The summed E-state index contributed by atoms with van der Waals surface area (Å²) in [6, 6.07) is 16.8. The van der Waals surface area contributed by atoms with Gasteiger partial charge in [-0.15, -0.1) is 0 Å². The number of amides is 1. The second kappa shape index (κ2) is 10.0. The molecule has 0 aliphatic rings. The highest BCUT2D eigenvalue weighted by molar-refractivity contribution is 5.90. The molecular formula is C21H23NO4. The molecule has 5 heteroatoms. The summed E-state index contributed by atoms with van der Waals surface area (Å²) >= 11 is 0. The maximum Gasteiger partial charge on any atom is 0.331 e. The van der Waals surface area contributed by atoms with Crippen LogP contribution in [0.2, 0.25) is 0 Å². The number of esters is 1. The fourth-order valence-electron chi connectivity index (χ4n) is 2.13. The van der Waals surface area contributed by atoms with Crippen molar-refractivity contribution in [3.63, 3.8) is 0 Å². The minimum absolute atomic E-state index is 0.299. The molecule has 26 heavy (non-hydrogen) atoms. The summed E-state index contributed by atoms with van der Waals surface area (Å²) in [6.45, 7) is 4.06. The van der Waals surface area contributed by atoms with E-state index in [-0.39, 0.29) is 5.91 Å². The Kier molecular flexibility index (Phi) is 7.43. The normalized spacial score (nSPS) is 11.8. The molecular weight excluding hydrogens is 330 g/mol. The van der Waals surface area contributed by atoms with Gasteiger partial charge in [0.25, 0.3) is 5.91 Å². The van der Waals surface area contributed by atoms with Gasteiger partial charge < -0.3 is 14.8 Å². The predicted octanol–water partition coefficient (Wildman–Crippen LogP) is 3.95. The molecule has 1 N–H and O–H groups in total. The number of carbonyl (C=O) groups is 2. The second-order valence-corrected chi connectivity index (χ2v) is 5.69. The molecule has 136 valence electrons. The van der Waals surface area contributed by atoms with Gasteiger partial charge in [-0.2, -0.15) is 0 Å². The summed E-state index contributed by atoms with van der Waals surface area (Å²) in [5.74, 6) is 0.532. The van der Waals surface area contributed by atoms with Crippen LogP contribution in [0.1, 0.15) is 25.8 Å². The molecule has 5 nitrogen and oxygen atoms in total. The van der Waals surface area contributed by atoms with Gasteiger partial charge in [0.15, 0.2) is 6.10 Å². The molecule has 2 rings (SSSR count). The Morgan fingerprint density at radius 3 is 2.54 bits per heavy atom. The second-order valence-electron chi connectivity index (χ2n) is 5.69. The van der Waals surface area contributed by atoms with Gasteiger partial charge in [0.05, 0.1) is 0 Å². The lowest BCUT2D eigenvalue weighted by atomic mass is 10.2. The van der Waals surface area contributed by atoms with Gasteiger partial charge in [-0.3, -0.25) is 4.79 Å². The molecule has 0 heterocycles. The highest BCUT2D eigenvalue weighted by Gasteiger charge is 2.15. The lowest BCUT2D eigenvalue weighted by molar-refractivity contribution is -0.150. The van der Waals surface area contributed by atoms with Crippen molar-refractivity contribution in [3.05, 3.63) is 66.2 Å². The van der Waals surface area contributed by atoms with Crippen LogP contribution < -0.4 is 10.1 Å². The van der Waals surface area contributed by atoms with E-state index in [2.05, 4.69) is 5.32 Å². The van der Waals surface area contributed by atoms with Crippen molar-refractivity contribution in [2.75, 3.05) is 6.54 Å². The first-order valence-electron chi connectivity index (χ1n) is 8.58. The summed E-state index contributed by atoms with van der Waals surface area (Å²) in [5, 5.41) is 2.69. The monoisotopic (exact) mass is 353 g/mol. The van der Waals surface area contributed by atoms with Crippen LogP contribution in [0.15, 0.2) is 60.7 Å². The van der Waals surface area contributed by atoms with E-state index in [1.54, 1.807) is 13.0 Å². The standard InChI is InChI=1S/C21H23NO4/c1-3-14-22-21(24)16(2)25-20(23)13-12-17-8-7-11-19(15-17)26-18-9-5-4-6-10-18/h4-13,15-16H,3,14H2,1-2H3,(H,22,24)/b13-12+/t16-/m1/s1. The molecule has 1 atom stereocenters. The number of para-hydroxylation sites is 1. The van der Waals surface area contributed by atoms with Crippen molar-refractivity contribution < 1.29 is 19.1 Å². The summed E-state index contributed by atoms with van der Waals surface area (Å²) in [7, 11) is 0. The largest absolute Gasteiger partial charge is 0.457 e. The Balaban J connectivity index is 1.92. The van der Waals surface area contributed by atoms with E-state index >= 15 is 0 Å². The predicted molar refractivity (Wildman–Crippen MR) is 101 cm³/mol. The average molecular weight is 353 g/mol. The number of benzene rings is 2. The maximum atomic E-state index is 11.9. The fourth-order valence-corrected chi connectivity index (χ4v) is 2.13. The number of hydrogen-bond donors (Lipinski definition) is 1. The number of ether oxygens (including phenoxy) is 2. The third-order valence-corrected chi connectivity index (χ3v) is 3.46. The summed E-state index contributed by atoms with van der Waals surface area (Å²) in [6.07, 6.45) is 2.92.